The predicted octanol–water partition coefficient (Wildman–Crippen LogP) is -0.325. The third-order valence-electron chi connectivity index (χ3n) is 4.30. The molecule has 2 aliphatic rings. The fourth-order valence-electron chi connectivity index (χ4n) is 2.92. The van der Waals surface area contributed by atoms with Gasteiger partial charge in [-0.25, -0.2) is 9.97 Å². The Morgan fingerprint density at radius 2 is 1.75 bits per heavy atom. The van der Waals surface area contributed by atoms with E-state index >= 15 is 0 Å². The quantitative estimate of drug-likeness (QED) is 0.798. The molecule has 0 aromatic carbocycles. The van der Waals surface area contributed by atoms with E-state index < -0.39 is 0 Å². The lowest BCUT2D eigenvalue weighted by Gasteiger charge is -2.34. The highest BCUT2D eigenvalue weighted by atomic mass is 15.3. The van der Waals surface area contributed by atoms with Crippen LogP contribution in [0.25, 0.3) is 0 Å². The van der Waals surface area contributed by atoms with Crippen LogP contribution in [0.2, 0.25) is 0 Å². The summed E-state index contributed by atoms with van der Waals surface area (Å²) in [5.74, 6) is 0.877. The first kappa shape index (κ1) is 13.7. The first-order valence-electron chi connectivity index (χ1n) is 7.38. The highest BCUT2D eigenvalue weighted by Crippen LogP contribution is 2.22. The molecule has 6 nitrogen and oxygen atoms in total. The first-order chi connectivity index (χ1) is 9.67. The van der Waals surface area contributed by atoms with Gasteiger partial charge in [0.15, 0.2) is 0 Å². The van der Waals surface area contributed by atoms with Crippen molar-refractivity contribution in [2.24, 2.45) is 5.73 Å². The second-order valence-corrected chi connectivity index (χ2v) is 5.88. The van der Waals surface area contributed by atoms with E-state index in [-0.39, 0.29) is 0 Å². The maximum absolute atomic E-state index is 5.90. The Morgan fingerprint density at radius 1 is 1.00 bits per heavy atom. The van der Waals surface area contributed by atoms with E-state index in [2.05, 4.69) is 28.8 Å². The van der Waals surface area contributed by atoms with E-state index in [1.807, 2.05) is 0 Å². The van der Waals surface area contributed by atoms with Crippen LogP contribution >= 0.6 is 0 Å². The van der Waals surface area contributed by atoms with Gasteiger partial charge < -0.3 is 20.4 Å². The number of aromatic nitrogens is 2. The van der Waals surface area contributed by atoms with Gasteiger partial charge in [0.1, 0.15) is 0 Å². The summed E-state index contributed by atoms with van der Waals surface area (Å²) >= 11 is 0. The van der Waals surface area contributed by atoms with Crippen molar-refractivity contribution in [1.29, 1.82) is 0 Å². The summed E-state index contributed by atoms with van der Waals surface area (Å²) in [7, 11) is 4.30. The minimum absolute atomic E-state index is 0.499. The number of nitrogens with zero attached hydrogens (tertiary/aromatic N) is 5. The minimum atomic E-state index is 0.499. The van der Waals surface area contributed by atoms with Crippen LogP contribution in [0.15, 0.2) is 0 Å². The van der Waals surface area contributed by atoms with Gasteiger partial charge in [-0.1, -0.05) is 0 Å². The Balaban J connectivity index is 1.89. The van der Waals surface area contributed by atoms with E-state index in [0.717, 1.165) is 57.3 Å². The highest BCUT2D eigenvalue weighted by Gasteiger charge is 2.23. The van der Waals surface area contributed by atoms with Gasteiger partial charge in [0.05, 0.1) is 11.4 Å². The molecule has 6 heteroatoms. The molecule has 1 aromatic heterocycles. The highest BCUT2D eigenvalue weighted by molar-refractivity contribution is 5.39. The molecule has 1 fully saturated rings. The Labute approximate surface area is 120 Å². The lowest BCUT2D eigenvalue weighted by Crippen LogP contribution is -2.45. The molecule has 0 spiro atoms. The Bertz CT molecular complexity index is 464. The second kappa shape index (κ2) is 5.63. The fraction of sp³-hybridized carbons (Fsp3) is 0.714. The molecule has 110 valence electrons. The fourth-order valence-corrected chi connectivity index (χ4v) is 2.92. The molecule has 0 amide bonds. The summed E-state index contributed by atoms with van der Waals surface area (Å²) in [6.45, 7) is 6.63. The number of anilines is 1. The number of nitrogens with two attached hydrogens (primary N) is 1. The van der Waals surface area contributed by atoms with Crippen LogP contribution in [-0.4, -0.2) is 66.6 Å². The summed E-state index contributed by atoms with van der Waals surface area (Å²) in [5.41, 5.74) is 9.38. The van der Waals surface area contributed by atoms with Gasteiger partial charge in [0.2, 0.25) is 5.95 Å². The van der Waals surface area contributed by atoms with Crippen molar-refractivity contribution in [2.75, 3.05) is 51.7 Å². The molecular weight excluding hydrogens is 252 g/mol. The number of hydrogen-bond donors (Lipinski definition) is 1. The molecular formula is C14H24N6. The van der Waals surface area contributed by atoms with Gasteiger partial charge in [0.25, 0.3) is 0 Å². The zero-order chi connectivity index (χ0) is 14.1. The maximum atomic E-state index is 5.90. The van der Waals surface area contributed by atoms with Crippen molar-refractivity contribution in [2.45, 2.75) is 19.5 Å². The van der Waals surface area contributed by atoms with Crippen molar-refractivity contribution in [3.8, 4) is 0 Å². The standard InChI is InChI=1S/C14H24N6/c1-18-5-7-20(8-6-18)14-16-12-3-4-19(2)10-11(12)13(9-15)17-14/h3-10,15H2,1-2H3. The van der Waals surface area contributed by atoms with E-state index in [9.17, 15) is 0 Å². The number of hydrogen-bond acceptors (Lipinski definition) is 6. The molecule has 0 bridgehead atoms. The van der Waals surface area contributed by atoms with Crippen LogP contribution < -0.4 is 10.6 Å². The molecule has 1 saturated heterocycles. The Kier molecular flexibility index (Phi) is 3.87. The molecule has 3 heterocycles. The number of piperazine rings is 1. The predicted molar refractivity (Wildman–Crippen MR) is 79.7 cm³/mol. The molecule has 2 aliphatic heterocycles. The van der Waals surface area contributed by atoms with Gasteiger partial charge in [-0.2, -0.15) is 0 Å². The maximum Gasteiger partial charge on any atom is 0.225 e. The van der Waals surface area contributed by atoms with E-state index in [4.69, 9.17) is 15.7 Å². The third-order valence-corrected chi connectivity index (χ3v) is 4.30. The van der Waals surface area contributed by atoms with Crippen LogP contribution in [0.4, 0.5) is 5.95 Å². The summed E-state index contributed by atoms with van der Waals surface area (Å²) in [5, 5.41) is 0. The normalized spacial score (nSPS) is 21.1. The topological polar surface area (TPSA) is 61.5 Å². The van der Waals surface area contributed by atoms with Crippen molar-refractivity contribution in [1.82, 2.24) is 19.8 Å². The smallest absolute Gasteiger partial charge is 0.225 e. The Morgan fingerprint density at radius 3 is 2.45 bits per heavy atom. The average molecular weight is 276 g/mol. The monoisotopic (exact) mass is 276 g/mol. The lowest BCUT2D eigenvalue weighted by molar-refractivity contribution is 0.303. The first-order valence-corrected chi connectivity index (χ1v) is 7.38. The van der Waals surface area contributed by atoms with Crippen molar-refractivity contribution in [3.05, 3.63) is 17.0 Å². The number of likely N-dealkylation sites (N-methyl/N-ethyl adjacent to an activating group) is 2. The Hall–Kier alpha value is -1.24. The zero-order valence-electron chi connectivity index (χ0n) is 12.5. The van der Waals surface area contributed by atoms with Crippen LogP contribution in [0.1, 0.15) is 17.0 Å². The van der Waals surface area contributed by atoms with E-state index in [1.165, 1.54) is 11.3 Å². The average Bonchev–Trinajstić information content (AvgIpc) is 2.47. The third kappa shape index (κ3) is 2.63. The summed E-state index contributed by atoms with van der Waals surface area (Å²) in [6.07, 6.45) is 1.00. The lowest BCUT2D eigenvalue weighted by atomic mass is 10.0. The molecule has 0 aliphatic carbocycles. The summed E-state index contributed by atoms with van der Waals surface area (Å²) < 4.78 is 0. The van der Waals surface area contributed by atoms with Crippen molar-refractivity contribution >= 4 is 5.95 Å². The molecule has 0 unspecified atom stereocenters. The van der Waals surface area contributed by atoms with Crippen LogP contribution in [0.5, 0.6) is 0 Å². The van der Waals surface area contributed by atoms with Crippen molar-refractivity contribution < 1.29 is 0 Å². The van der Waals surface area contributed by atoms with Crippen LogP contribution in [-0.2, 0) is 19.5 Å². The second-order valence-electron chi connectivity index (χ2n) is 5.88. The van der Waals surface area contributed by atoms with Gasteiger partial charge in [0, 0.05) is 57.8 Å². The largest absolute Gasteiger partial charge is 0.338 e. The van der Waals surface area contributed by atoms with Crippen LogP contribution in [0.3, 0.4) is 0 Å². The number of rotatable bonds is 2. The van der Waals surface area contributed by atoms with Crippen LogP contribution in [0, 0.1) is 0 Å². The molecule has 0 radical (unpaired) electrons. The summed E-state index contributed by atoms with van der Waals surface area (Å²) in [6, 6.07) is 0. The molecule has 2 N–H and O–H groups in total. The molecule has 20 heavy (non-hydrogen) atoms. The van der Waals surface area contributed by atoms with Gasteiger partial charge in [-0.15, -0.1) is 0 Å². The van der Waals surface area contributed by atoms with Gasteiger partial charge >= 0.3 is 0 Å². The summed E-state index contributed by atoms with van der Waals surface area (Å²) in [4.78, 5) is 16.5. The molecule has 0 saturated carbocycles. The molecule has 1 aromatic rings. The SMILES string of the molecule is CN1CCN(c2nc(CN)c3c(n2)CCN(C)C3)CC1. The molecule has 3 rings (SSSR count). The molecule has 0 atom stereocenters. The zero-order valence-corrected chi connectivity index (χ0v) is 12.5. The van der Waals surface area contributed by atoms with Crippen molar-refractivity contribution in [3.63, 3.8) is 0 Å². The van der Waals surface area contributed by atoms with Gasteiger partial charge in [-0.05, 0) is 14.1 Å². The van der Waals surface area contributed by atoms with E-state index in [0.29, 0.717) is 6.54 Å². The van der Waals surface area contributed by atoms with Gasteiger partial charge in [-0.3, -0.25) is 0 Å². The number of fused-ring (bicyclic) bond motifs is 1. The minimum Gasteiger partial charge on any atom is -0.338 e. The van der Waals surface area contributed by atoms with E-state index in [1.54, 1.807) is 0 Å².